The highest BCUT2D eigenvalue weighted by Gasteiger charge is 2.16. The lowest BCUT2D eigenvalue weighted by Gasteiger charge is -2.06. The highest BCUT2D eigenvalue weighted by atomic mass is 35.5. The second-order valence-corrected chi connectivity index (χ2v) is 6.71. The molecule has 1 aromatic heterocycles. The SMILES string of the molecule is CS(=O)(=O)c1nnc(CCNC(=O)Nc2cccc(Cl)c2)o1. The Balaban J connectivity index is 1.81. The molecule has 0 spiro atoms. The lowest BCUT2D eigenvalue weighted by atomic mass is 10.3. The third kappa shape index (κ3) is 4.71. The fraction of sp³-hybridized carbons (Fsp3) is 0.250. The summed E-state index contributed by atoms with van der Waals surface area (Å²) >= 11 is 5.80. The van der Waals surface area contributed by atoms with Gasteiger partial charge < -0.3 is 15.1 Å². The van der Waals surface area contributed by atoms with E-state index in [9.17, 15) is 13.2 Å². The number of nitrogens with zero attached hydrogens (tertiary/aromatic N) is 2. The van der Waals surface area contributed by atoms with Crippen molar-refractivity contribution in [3.63, 3.8) is 0 Å². The molecule has 0 aliphatic rings. The number of rotatable bonds is 5. The van der Waals surface area contributed by atoms with Gasteiger partial charge in [-0.2, -0.15) is 0 Å². The van der Waals surface area contributed by atoms with E-state index in [4.69, 9.17) is 16.0 Å². The second kappa shape index (κ2) is 6.75. The summed E-state index contributed by atoms with van der Waals surface area (Å²) in [5, 5.41) is 12.3. The minimum atomic E-state index is -3.52. The Morgan fingerprint density at radius 1 is 1.36 bits per heavy atom. The molecule has 10 heteroatoms. The molecule has 8 nitrogen and oxygen atoms in total. The molecular formula is C12H13ClN4O4S. The molecule has 0 unspecified atom stereocenters. The van der Waals surface area contributed by atoms with Crippen LogP contribution in [-0.2, 0) is 16.3 Å². The number of benzene rings is 1. The number of urea groups is 1. The van der Waals surface area contributed by atoms with Crippen LogP contribution in [0.25, 0.3) is 0 Å². The third-order valence-corrected chi connectivity index (χ3v) is 3.51. The van der Waals surface area contributed by atoms with Crippen LogP contribution in [0.1, 0.15) is 5.89 Å². The zero-order valence-corrected chi connectivity index (χ0v) is 13.1. The van der Waals surface area contributed by atoms with Gasteiger partial charge in [0.2, 0.25) is 15.7 Å². The molecular weight excluding hydrogens is 332 g/mol. The molecule has 118 valence electrons. The molecule has 2 amide bonds. The van der Waals surface area contributed by atoms with Gasteiger partial charge >= 0.3 is 11.3 Å². The summed E-state index contributed by atoms with van der Waals surface area (Å²) in [5.41, 5.74) is 0.558. The van der Waals surface area contributed by atoms with Gasteiger partial charge in [0.1, 0.15) is 0 Å². The zero-order chi connectivity index (χ0) is 16.2. The number of nitrogens with one attached hydrogen (secondary N) is 2. The van der Waals surface area contributed by atoms with E-state index >= 15 is 0 Å². The Bertz CT molecular complexity index is 775. The van der Waals surface area contributed by atoms with Crippen molar-refractivity contribution in [1.29, 1.82) is 0 Å². The summed E-state index contributed by atoms with van der Waals surface area (Å²) in [5.74, 6) is 0.128. The molecule has 1 aromatic carbocycles. The molecule has 0 atom stereocenters. The second-order valence-electron chi connectivity index (χ2n) is 4.38. The van der Waals surface area contributed by atoms with Crippen molar-refractivity contribution in [1.82, 2.24) is 15.5 Å². The fourth-order valence-electron chi connectivity index (χ4n) is 1.51. The predicted octanol–water partition coefficient (Wildman–Crippen LogP) is 1.49. The van der Waals surface area contributed by atoms with Crippen LogP contribution in [0.3, 0.4) is 0 Å². The molecule has 0 bridgehead atoms. The Morgan fingerprint density at radius 2 is 2.14 bits per heavy atom. The van der Waals surface area contributed by atoms with Crippen LogP contribution in [-0.4, -0.2) is 37.4 Å². The number of hydrogen-bond donors (Lipinski definition) is 2. The topological polar surface area (TPSA) is 114 Å². The summed E-state index contributed by atoms with van der Waals surface area (Å²) in [6, 6.07) is 6.28. The average molecular weight is 345 g/mol. The van der Waals surface area contributed by atoms with Crippen molar-refractivity contribution in [2.45, 2.75) is 11.6 Å². The number of carbonyl (C=O) groups excluding carboxylic acids is 1. The average Bonchev–Trinajstić information content (AvgIpc) is 2.87. The zero-order valence-electron chi connectivity index (χ0n) is 11.5. The number of hydrogen-bond acceptors (Lipinski definition) is 6. The van der Waals surface area contributed by atoms with Crippen LogP contribution in [0.5, 0.6) is 0 Å². The maximum atomic E-state index is 11.7. The molecule has 2 rings (SSSR count). The van der Waals surface area contributed by atoms with Crippen molar-refractivity contribution in [2.75, 3.05) is 18.1 Å². The molecule has 1 heterocycles. The van der Waals surface area contributed by atoms with E-state index < -0.39 is 21.1 Å². The normalized spacial score (nSPS) is 11.2. The first-order valence-electron chi connectivity index (χ1n) is 6.17. The molecule has 22 heavy (non-hydrogen) atoms. The van der Waals surface area contributed by atoms with Crippen molar-refractivity contribution in [3.05, 3.63) is 35.2 Å². The van der Waals surface area contributed by atoms with Gasteiger partial charge in [-0.3, -0.25) is 0 Å². The van der Waals surface area contributed by atoms with Gasteiger partial charge in [0.15, 0.2) is 0 Å². The van der Waals surface area contributed by atoms with E-state index in [1.54, 1.807) is 24.3 Å². The largest absolute Gasteiger partial charge is 0.412 e. The summed E-state index contributed by atoms with van der Waals surface area (Å²) in [6.45, 7) is 0.206. The molecule has 2 N–H and O–H groups in total. The first kappa shape index (κ1) is 16.2. The van der Waals surface area contributed by atoms with Crippen molar-refractivity contribution >= 4 is 33.2 Å². The van der Waals surface area contributed by atoms with E-state index in [0.717, 1.165) is 6.26 Å². The predicted molar refractivity (Wildman–Crippen MR) is 79.6 cm³/mol. The molecule has 0 fully saturated rings. The number of sulfone groups is 1. The van der Waals surface area contributed by atoms with E-state index in [2.05, 4.69) is 20.8 Å². The first-order chi connectivity index (χ1) is 10.3. The molecule has 0 saturated heterocycles. The van der Waals surface area contributed by atoms with Gasteiger partial charge in [0.25, 0.3) is 0 Å². The number of anilines is 1. The Kier molecular flexibility index (Phi) is 4.99. The van der Waals surface area contributed by atoms with Crippen LogP contribution in [0.2, 0.25) is 5.02 Å². The summed E-state index contributed by atoms with van der Waals surface area (Å²) in [7, 11) is -3.52. The van der Waals surface area contributed by atoms with Crippen LogP contribution >= 0.6 is 11.6 Å². The number of carbonyl (C=O) groups is 1. The lowest BCUT2D eigenvalue weighted by Crippen LogP contribution is -2.30. The van der Waals surface area contributed by atoms with Gasteiger partial charge in [-0.15, -0.1) is 5.10 Å². The summed E-state index contributed by atoms with van der Waals surface area (Å²) in [4.78, 5) is 11.7. The Labute approximate surface area is 131 Å². The molecule has 2 aromatic rings. The monoisotopic (exact) mass is 344 g/mol. The highest BCUT2D eigenvalue weighted by molar-refractivity contribution is 7.90. The standard InChI is InChI=1S/C12H13ClN4O4S/c1-22(19,20)12-17-16-10(21-12)5-6-14-11(18)15-9-4-2-3-8(13)7-9/h2-4,7H,5-6H2,1H3,(H2,14,15,18). The smallest absolute Gasteiger partial charge is 0.335 e. The molecule has 0 radical (unpaired) electrons. The van der Waals surface area contributed by atoms with E-state index in [0.29, 0.717) is 10.7 Å². The number of aromatic nitrogens is 2. The lowest BCUT2D eigenvalue weighted by molar-refractivity contribution is 0.252. The van der Waals surface area contributed by atoms with Crippen LogP contribution in [0.15, 0.2) is 33.9 Å². The highest BCUT2D eigenvalue weighted by Crippen LogP contribution is 2.14. The van der Waals surface area contributed by atoms with Crippen molar-refractivity contribution in [3.8, 4) is 0 Å². The van der Waals surface area contributed by atoms with E-state index in [1.807, 2.05) is 0 Å². The maximum absolute atomic E-state index is 11.7. The van der Waals surface area contributed by atoms with Gasteiger partial charge in [0, 0.05) is 29.9 Å². The van der Waals surface area contributed by atoms with Gasteiger partial charge in [0.05, 0.1) is 0 Å². The van der Waals surface area contributed by atoms with Gasteiger partial charge in [-0.25, -0.2) is 13.2 Å². The molecule has 0 saturated carbocycles. The number of halogens is 1. The molecule has 0 aliphatic heterocycles. The van der Waals surface area contributed by atoms with Crippen molar-refractivity contribution < 1.29 is 17.6 Å². The van der Waals surface area contributed by atoms with Crippen molar-refractivity contribution in [2.24, 2.45) is 0 Å². The Morgan fingerprint density at radius 3 is 2.77 bits per heavy atom. The van der Waals surface area contributed by atoms with Crippen LogP contribution in [0, 0.1) is 0 Å². The fourth-order valence-corrected chi connectivity index (χ4v) is 2.14. The van der Waals surface area contributed by atoms with Crippen LogP contribution in [0.4, 0.5) is 10.5 Å². The van der Waals surface area contributed by atoms with E-state index in [1.165, 1.54) is 0 Å². The maximum Gasteiger partial charge on any atom is 0.335 e. The minimum Gasteiger partial charge on any atom is -0.412 e. The van der Waals surface area contributed by atoms with Gasteiger partial charge in [-0.05, 0) is 18.2 Å². The van der Waals surface area contributed by atoms with E-state index in [-0.39, 0.29) is 18.9 Å². The molecule has 0 aliphatic carbocycles. The van der Waals surface area contributed by atoms with Gasteiger partial charge in [-0.1, -0.05) is 22.8 Å². The van der Waals surface area contributed by atoms with Crippen LogP contribution < -0.4 is 10.6 Å². The minimum absolute atomic E-state index is 0.128. The summed E-state index contributed by atoms with van der Waals surface area (Å²) < 4.78 is 27.3. The quantitative estimate of drug-likeness (QED) is 0.849. The number of amides is 2. The third-order valence-electron chi connectivity index (χ3n) is 2.47. The Hall–Kier alpha value is -2.13. The first-order valence-corrected chi connectivity index (χ1v) is 8.44. The summed E-state index contributed by atoms with van der Waals surface area (Å²) in [6.07, 6.45) is 1.19.